The van der Waals surface area contributed by atoms with Gasteiger partial charge in [-0.25, -0.2) is 0 Å². The smallest absolute Gasteiger partial charge is 0.305 e. The normalized spacial score (nSPS) is 12.9. The molecule has 10 N–H and O–H groups in total. The molecule has 50 heavy (non-hydrogen) atoms. The number of nitrogens with one attached hydrogen (secondary N) is 5. The molecule has 0 aromatic heterocycles. The Balaban J connectivity index is 1.63. The number of rotatable bonds is 17. The van der Waals surface area contributed by atoms with Crippen molar-refractivity contribution in [2.75, 3.05) is 44.2 Å². The van der Waals surface area contributed by atoms with E-state index in [0.717, 1.165) is 15.4 Å². The van der Waals surface area contributed by atoms with Gasteiger partial charge in [-0.3, -0.25) is 43.8 Å². The molecule has 1 heterocycles. The van der Waals surface area contributed by atoms with Gasteiger partial charge < -0.3 is 52.4 Å². The molecule has 1 aliphatic rings. The van der Waals surface area contributed by atoms with Gasteiger partial charge in [0.25, 0.3) is 5.91 Å². The summed E-state index contributed by atoms with van der Waals surface area (Å²) in [5.74, 6) is -6.39. The predicted octanol–water partition coefficient (Wildman–Crippen LogP) is -2.98. The second kappa shape index (κ2) is 17.8. The number of aliphatic carboxylic acids is 1. The number of nitrogens with zero attached hydrogens (tertiary/aromatic N) is 2. The maximum Gasteiger partial charge on any atom is 0.305 e. The third-order valence-electron chi connectivity index (χ3n) is 6.88. The largest absolute Gasteiger partial charge is 0.489 e. The van der Waals surface area contributed by atoms with Crippen LogP contribution in [-0.4, -0.2) is 108 Å². The quantitative estimate of drug-likeness (QED) is 0.0345. The lowest BCUT2D eigenvalue weighted by Gasteiger charge is -2.22. The number of amides is 7. The van der Waals surface area contributed by atoms with E-state index in [-0.39, 0.29) is 36.0 Å². The number of nitrogen functional groups attached to an aromatic ring is 1. The van der Waals surface area contributed by atoms with Crippen LogP contribution in [0.5, 0.6) is 5.75 Å². The molecule has 0 bridgehead atoms. The second-order valence-corrected chi connectivity index (χ2v) is 11.1. The third kappa shape index (κ3) is 11.5. The van der Waals surface area contributed by atoms with Gasteiger partial charge in [0.05, 0.1) is 37.3 Å². The summed E-state index contributed by atoms with van der Waals surface area (Å²) in [5, 5.41) is 24.3. The van der Waals surface area contributed by atoms with E-state index in [2.05, 4.69) is 33.9 Å². The van der Waals surface area contributed by atoms with Gasteiger partial charge in [0.1, 0.15) is 31.3 Å². The lowest BCUT2D eigenvalue weighted by Crippen LogP contribution is -2.48. The first kappa shape index (κ1) is 38.3. The van der Waals surface area contributed by atoms with Gasteiger partial charge in [-0.05, 0) is 23.8 Å². The molecule has 7 amide bonds. The Morgan fingerprint density at radius 3 is 2.08 bits per heavy atom. The molecule has 19 nitrogen and oxygen atoms in total. The van der Waals surface area contributed by atoms with Crippen LogP contribution in [-0.2, 0) is 40.2 Å². The molecular weight excluding hydrogens is 678 g/mol. The first-order chi connectivity index (χ1) is 23.6. The van der Waals surface area contributed by atoms with Gasteiger partial charge in [0, 0.05) is 12.1 Å². The monoisotopic (exact) mass is 713 g/mol. The van der Waals surface area contributed by atoms with E-state index in [1.165, 1.54) is 18.2 Å². The Labute approximate surface area is 289 Å². The molecule has 1 unspecified atom stereocenters. The molecular formula is C30H35N9O10S. The number of carboxylic acids is 1. The van der Waals surface area contributed by atoms with E-state index in [4.69, 9.17) is 26.7 Å². The molecule has 0 fully saturated rings. The zero-order valence-electron chi connectivity index (χ0n) is 26.4. The molecule has 20 heteroatoms. The molecule has 0 spiro atoms. The van der Waals surface area contributed by atoms with Crippen LogP contribution in [0.1, 0.15) is 27.9 Å². The van der Waals surface area contributed by atoms with Crippen LogP contribution >= 0.6 is 12.6 Å². The number of fused-ring (bicyclic) bond motifs is 1. The molecule has 0 saturated heterocycles. The molecule has 0 aliphatic carbocycles. The van der Waals surface area contributed by atoms with E-state index in [9.17, 15) is 38.4 Å². The van der Waals surface area contributed by atoms with Crippen molar-refractivity contribution in [3.05, 3.63) is 59.2 Å². The molecule has 2 aromatic rings. The number of anilines is 1. The average molecular weight is 714 g/mol. The number of carbonyl (C=O) groups excluding carboxylic acids is 7. The number of thiol groups is 1. The van der Waals surface area contributed by atoms with Crippen molar-refractivity contribution in [1.29, 1.82) is 5.41 Å². The van der Waals surface area contributed by atoms with Gasteiger partial charge in [0.15, 0.2) is 5.37 Å². The Morgan fingerprint density at radius 1 is 0.900 bits per heavy atom. The van der Waals surface area contributed by atoms with Crippen molar-refractivity contribution in [2.24, 2.45) is 11.5 Å². The first-order valence-corrected chi connectivity index (χ1v) is 15.2. The number of hydrogen-bond acceptors (Lipinski definition) is 11. The van der Waals surface area contributed by atoms with E-state index in [0.29, 0.717) is 5.56 Å². The van der Waals surface area contributed by atoms with Gasteiger partial charge >= 0.3 is 5.97 Å². The summed E-state index contributed by atoms with van der Waals surface area (Å²) in [4.78, 5) is 99.7. The lowest BCUT2D eigenvalue weighted by molar-refractivity contribution is -0.137. The number of benzene rings is 2. The zero-order chi connectivity index (χ0) is 37.0. The molecule has 266 valence electrons. The van der Waals surface area contributed by atoms with Crippen LogP contribution in [0.25, 0.3) is 0 Å². The van der Waals surface area contributed by atoms with Crippen LogP contribution in [0.15, 0.2) is 42.5 Å². The number of ether oxygens (including phenoxy) is 1. The molecule has 1 aliphatic heterocycles. The fraction of sp³-hybridized carbons (Fsp3) is 0.300. The predicted molar refractivity (Wildman–Crippen MR) is 178 cm³/mol. The maximum absolute atomic E-state index is 13.5. The lowest BCUT2D eigenvalue weighted by atomic mass is 10.1. The summed E-state index contributed by atoms with van der Waals surface area (Å²) in [5.41, 5.74) is 11.7. The topological polar surface area (TPSA) is 297 Å². The number of hydrogen-bond donors (Lipinski definition) is 9. The SMILES string of the molecule is N=C(N)c1ccc(COc2ccc3c(c2)C(=O)N(CCC(=O)O)CC(=O)N3CC(=O)NCC(=O)NCC(=O)NCC(=O)NC(S)C(N)=O)cc1. The standard InChI is InChI=1S/C30H35N9O10S/c31-27(32)17-3-1-16(2-4-17)15-49-18-5-6-20-19(9-18)30(48)38(8-7-26(45)46)14-25(44)39(20)13-24(43)36-11-22(41)34-10-21(40)35-12-23(42)37-29(50)28(33)47/h1-6,9,29,50H,7-8,10-15H2,(H3,31,32)(H2,33,47)(H,34,41)(H,35,40)(H,36,43)(H,37,42)(H,45,46). The van der Waals surface area contributed by atoms with Crippen molar-refractivity contribution in [3.63, 3.8) is 0 Å². The van der Waals surface area contributed by atoms with Crippen molar-refractivity contribution in [3.8, 4) is 5.75 Å². The minimum absolute atomic E-state index is 0.0320. The van der Waals surface area contributed by atoms with Crippen LogP contribution in [0, 0.1) is 5.41 Å². The second-order valence-electron chi connectivity index (χ2n) is 10.6. The van der Waals surface area contributed by atoms with Gasteiger partial charge in [-0.2, -0.15) is 0 Å². The summed E-state index contributed by atoms with van der Waals surface area (Å²) in [7, 11) is 0. The van der Waals surface area contributed by atoms with E-state index < -0.39 is 91.8 Å². The van der Waals surface area contributed by atoms with Crippen molar-refractivity contribution < 1.29 is 48.2 Å². The summed E-state index contributed by atoms with van der Waals surface area (Å²) >= 11 is 3.75. The van der Waals surface area contributed by atoms with Crippen molar-refractivity contribution in [2.45, 2.75) is 18.4 Å². The molecule has 2 aromatic carbocycles. The number of amidine groups is 1. The summed E-state index contributed by atoms with van der Waals surface area (Å²) < 4.78 is 5.83. The minimum atomic E-state index is -1.25. The Kier molecular flexibility index (Phi) is 13.6. The molecule has 0 saturated carbocycles. The highest BCUT2D eigenvalue weighted by Crippen LogP contribution is 2.30. The molecule has 1 atom stereocenters. The molecule has 3 rings (SSSR count). The zero-order valence-corrected chi connectivity index (χ0v) is 27.3. The maximum atomic E-state index is 13.5. The summed E-state index contributed by atoms with van der Waals surface area (Å²) in [6.45, 7) is -3.03. The Bertz CT molecular complexity index is 1690. The fourth-order valence-corrected chi connectivity index (χ4v) is 4.45. The van der Waals surface area contributed by atoms with Gasteiger partial charge in [0.2, 0.25) is 35.4 Å². The summed E-state index contributed by atoms with van der Waals surface area (Å²) in [6.07, 6.45) is -0.437. The van der Waals surface area contributed by atoms with E-state index in [1.54, 1.807) is 24.3 Å². The minimum Gasteiger partial charge on any atom is -0.489 e. The molecule has 0 radical (unpaired) electrons. The highest BCUT2D eigenvalue weighted by molar-refractivity contribution is 7.81. The number of carbonyl (C=O) groups is 8. The Hall–Kier alpha value is -6.18. The van der Waals surface area contributed by atoms with Gasteiger partial charge in [-0.15, -0.1) is 12.6 Å². The van der Waals surface area contributed by atoms with Crippen LogP contribution in [0.3, 0.4) is 0 Å². The van der Waals surface area contributed by atoms with Gasteiger partial charge in [-0.1, -0.05) is 24.3 Å². The fourth-order valence-electron chi connectivity index (χ4n) is 4.30. The third-order valence-corrected chi connectivity index (χ3v) is 7.26. The Morgan fingerprint density at radius 2 is 1.50 bits per heavy atom. The summed E-state index contributed by atoms with van der Waals surface area (Å²) in [6, 6.07) is 11.0. The average Bonchev–Trinajstić information content (AvgIpc) is 3.17. The van der Waals surface area contributed by atoms with Crippen molar-refractivity contribution >= 4 is 71.5 Å². The van der Waals surface area contributed by atoms with Crippen LogP contribution in [0.4, 0.5) is 5.69 Å². The highest BCUT2D eigenvalue weighted by Gasteiger charge is 2.33. The van der Waals surface area contributed by atoms with Crippen LogP contribution < -0.4 is 42.4 Å². The first-order valence-electron chi connectivity index (χ1n) is 14.7. The van der Waals surface area contributed by atoms with E-state index in [1.807, 2.05) is 0 Å². The van der Waals surface area contributed by atoms with Crippen LogP contribution in [0.2, 0.25) is 0 Å². The number of carboxylic acid groups (broad SMARTS) is 1. The van der Waals surface area contributed by atoms with E-state index >= 15 is 0 Å². The number of primary amides is 1. The highest BCUT2D eigenvalue weighted by atomic mass is 32.1. The number of nitrogens with two attached hydrogens (primary N) is 2. The van der Waals surface area contributed by atoms with Crippen molar-refractivity contribution in [1.82, 2.24) is 26.2 Å².